The third kappa shape index (κ3) is 3.75. The highest BCUT2D eigenvalue weighted by molar-refractivity contribution is 5.95. The van der Waals surface area contributed by atoms with Gasteiger partial charge < -0.3 is 14.7 Å². The zero-order chi connectivity index (χ0) is 17.2. The minimum absolute atomic E-state index is 0.169. The molecule has 1 aromatic carbocycles. The molecule has 0 aromatic heterocycles. The fourth-order valence-electron chi connectivity index (χ4n) is 2.62. The second-order valence-electron chi connectivity index (χ2n) is 5.26. The first kappa shape index (κ1) is 17.1. The van der Waals surface area contributed by atoms with Crippen molar-refractivity contribution in [3.63, 3.8) is 0 Å². The van der Waals surface area contributed by atoms with Gasteiger partial charge in [-0.3, -0.25) is 9.59 Å². The van der Waals surface area contributed by atoms with Crippen molar-refractivity contribution in [1.29, 1.82) is 0 Å². The van der Waals surface area contributed by atoms with E-state index in [9.17, 15) is 22.8 Å². The molecular weight excluding hydrogens is 315 g/mol. The standard InChI is InChI=1S/C15H16F3NO4/c1-2-23-10-5-3-4-9(6-10)13(20)19-7-11(14(21)22)12(8-19)15(16,17)18/h3-6,11-12H,2,7-8H2,1H3,(H,21,22)/t11-,12-/m1/s1. The van der Waals surface area contributed by atoms with Crippen LogP contribution in [0.15, 0.2) is 24.3 Å². The fraction of sp³-hybridized carbons (Fsp3) is 0.467. The number of carbonyl (C=O) groups excluding carboxylic acids is 1. The van der Waals surface area contributed by atoms with E-state index in [4.69, 9.17) is 9.84 Å². The predicted octanol–water partition coefficient (Wildman–Crippen LogP) is 2.42. The van der Waals surface area contributed by atoms with Gasteiger partial charge in [0.25, 0.3) is 5.91 Å². The van der Waals surface area contributed by atoms with Crippen LogP contribution in [0.2, 0.25) is 0 Å². The van der Waals surface area contributed by atoms with Crippen molar-refractivity contribution in [2.45, 2.75) is 13.1 Å². The van der Waals surface area contributed by atoms with Gasteiger partial charge in [-0.25, -0.2) is 0 Å². The summed E-state index contributed by atoms with van der Waals surface area (Å²) in [6.45, 7) is 1.04. The zero-order valence-electron chi connectivity index (χ0n) is 12.3. The monoisotopic (exact) mass is 331 g/mol. The van der Waals surface area contributed by atoms with Gasteiger partial charge in [0.15, 0.2) is 0 Å². The molecule has 1 heterocycles. The topological polar surface area (TPSA) is 66.8 Å². The first-order chi connectivity index (χ1) is 10.7. The van der Waals surface area contributed by atoms with E-state index in [1.54, 1.807) is 19.1 Å². The lowest BCUT2D eigenvalue weighted by atomic mass is 9.96. The number of carboxylic acids is 1. The number of rotatable bonds is 4. The van der Waals surface area contributed by atoms with Crippen LogP contribution in [0, 0.1) is 11.8 Å². The third-order valence-electron chi connectivity index (χ3n) is 3.74. The number of ether oxygens (including phenoxy) is 1. The van der Waals surface area contributed by atoms with Gasteiger partial charge in [-0.15, -0.1) is 0 Å². The highest BCUT2D eigenvalue weighted by atomic mass is 19.4. The summed E-state index contributed by atoms with van der Waals surface area (Å²) in [6, 6.07) is 6.08. The summed E-state index contributed by atoms with van der Waals surface area (Å²) < 4.78 is 44.1. The Balaban J connectivity index is 2.20. The molecule has 1 amide bonds. The molecule has 126 valence electrons. The number of carbonyl (C=O) groups is 2. The van der Waals surface area contributed by atoms with Crippen molar-refractivity contribution in [3.8, 4) is 5.75 Å². The lowest BCUT2D eigenvalue weighted by molar-refractivity contribution is -0.187. The fourth-order valence-corrected chi connectivity index (χ4v) is 2.62. The van der Waals surface area contributed by atoms with Crippen LogP contribution in [0.25, 0.3) is 0 Å². The first-order valence-corrected chi connectivity index (χ1v) is 7.05. The van der Waals surface area contributed by atoms with Gasteiger partial charge in [-0.2, -0.15) is 13.2 Å². The number of hydrogen-bond acceptors (Lipinski definition) is 3. The molecule has 1 saturated heterocycles. The molecule has 0 unspecified atom stereocenters. The molecule has 23 heavy (non-hydrogen) atoms. The maximum atomic E-state index is 13.0. The average Bonchev–Trinajstić information content (AvgIpc) is 2.92. The maximum absolute atomic E-state index is 13.0. The molecule has 2 rings (SSSR count). The molecule has 1 fully saturated rings. The largest absolute Gasteiger partial charge is 0.494 e. The lowest BCUT2D eigenvalue weighted by Gasteiger charge is -2.18. The number of likely N-dealkylation sites (tertiary alicyclic amines) is 1. The highest BCUT2D eigenvalue weighted by Gasteiger charge is 2.53. The Hall–Kier alpha value is -2.25. The SMILES string of the molecule is CCOc1cccc(C(=O)N2C[C@@H](C(F)(F)F)[C@H](C(=O)O)C2)c1. The lowest BCUT2D eigenvalue weighted by Crippen LogP contribution is -2.34. The number of carboxylic acid groups (broad SMARTS) is 1. The summed E-state index contributed by atoms with van der Waals surface area (Å²) >= 11 is 0. The molecule has 0 spiro atoms. The van der Waals surface area contributed by atoms with E-state index in [1.165, 1.54) is 12.1 Å². The average molecular weight is 331 g/mol. The van der Waals surface area contributed by atoms with E-state index in [1.807, 2.05) is 0 Å². The van der Waals surface area contributed by atoms with Gasteiger partial charge in [-0.1, -0.05) is 6.07 Å². The van der Waals surface area contributed by atoms with Gasteiger partial charge in [0.2, 0.25) is 0 Å². The van der Waals surface area contributed by atoms with E-state index in [0.29, 0.717) is 12.4 Å². The maximum Gasteiger partial charge on any atom is 0.394 e. The van der Waals surface area contributed by atoms with E-state index in [-0.39, 0.29) is 5.56 Å². The van der Waals surface area contributed by atoms with E-state index in [2.05, 4.69) is 0 Å². The molecule has 0 bridgehead atoms. The molecule has 0 saturated carbocycles. The smallest absolute Gasteiger partial charge is 0.394 e. The van der Waals surface area contributed by atoms with Crippen LogP contribution in [-0.4, -0.2) is 47.8 Å². The second kappa shape index (κ2) is 6.47. The minimum atomic E-state index is -4.66. The Labute approximate surface area is 130 Å². The number of amides is 1. The van der Waals surface area contributed by atoms with Crippen LogP contribution in [0.1, 0.15) is 17.3 Å². The van der Waals surface area contributed by atoms with Crippen molar-refractivity contribution in [2.75, 3.05) is 19.7 Å². The van der Waals surface area contributed by atoms with E-state index in [0.717, 1.165) is 4.90 Å². The van der Waals surface area contributed by atoms with E-state index < -0.39 is 43.0 Å². The summed E-state index contributed by atoms with van der Waals surface area (Å²) in [6.07, 6.45) is -4.66. The van der Waals surface area contributed by atoms with Crippen molar-refractivity contribution >= 4 is 11.9 Å². The molecule has 5 nitrogen and oxygen atoms in total. The summed E-state index contributed by atoms with van der Waals surface area (Å²) in [5.41, 5.74) is 0.169. The van der Waals surface area contributed by atoms with Crippen LogP contribution in [0.3, 0.4) is 0 Å². The number of aliphatic carboxylic acids is 1. The first-order valence-electron chi connectivity index (χ1n) is 7.05. The minimum Gasteiger partial charge on any atom is -0.494 e. The van der Waals surface area contributed by atoms with Gasteiger partial charge in [0.05, 0.1) is 18.4 Å². The summed E-state index contributed by atoms with van der Waals surface area (Å²) in [5, 5.41) is 8.97. The van der Waals surface area contributed by atoms with Crippen molar-refractivity contribution in [3.05, 3.63) is 29.8 Å². The molecule has 1 aliphatic heterocycles. The molecule has 2 atom stereocenters. The molecule has 8 heteroatoms. The van der Waals surface area contributed by atoms with Crippen molar-refractivity contribution in [2.24, 2.45) is 11.8 Å². The molecule has 0 radical (unpaired) electrons. The molecule has 1 aliphatic rings. The second-order valence-corrected chi connectivity index (χ2v) is 5.26. The number of benzene rings is 1. The van der Waals surface area contributed by atoms with Crippen LogP contribution in [-0.2, 0) is 4.79 Å². The molecular formula is C15H16F3NO4. The Bertz CT molecular complexity index is 603. The molecule has 0 aliphatic carbocycles. The number of hydrogen-bond donors (Lipinski definition) is 1. The number of nitrogens with zero attached hydrogens (tertiary/aromatic N) is 1. The Morgan fingerprint density at radius 3 is 2.57 bits per heavy atom. The number of halogens is 3. The van der Waals surface area contributed by atoms with Crippen molar-refractivity contribution < 1.29 is 32.6 Å². The summed E-state index contributed by atoms with van der Waals surface area (Å²) in [4.78, 5) is 24.3. The van der Waals surface area contributed by atoms with Crippen LogP contribution in [0.5, 0.6) is 5.75 Å². The Morgan fingerprint density at radius 2 is 2.04 bits per heavy atom. The van der Waals surface area contributed by atoms with Crippen LogP contribution in [0.4, 0.5) is 13.2 Å². The molecule has 1 aromatic rings. The van der Waals surface area contributed by atoms with E-state index >= 15 is 0 Å². The normalized spacial score (nSPS) is 21.3. The Kier molecular flexibility index (Phi) is 4.82. The van der Waals surface area contributed by atoms with Gasteiger partial charge in [0.1, 0.15) is 5.75 Å². The van der Waals surface area contributed by atoms with Gasteiger partial charge >= 0.3 is 12.1 Å². The zero-order valence-corrected chi connectivity index (χ0v) is 12.3. The predicted molar refractivity (Wildman–Crippen MR) is 74.2 cm³/mol. The van der Waals surface area contributed by atoms with Crippen LogP contribution < -0.4 is 4.74 Å². The molecule has 1 N–H and O–H groups in total. The van der Waals surface area contributed by atoms with Gasteiger partial charge in [-0.05, 0) is 25.1 Å². The van der Waals surface area contributed by atoms with Crippen molar-refractivity contribution in [1.82, 2.24) is 4.90 Å². The van der Waals surface area contributed by atoms with Gasteiger partial charge in [0, 0.05) is 18.7 Å². The summed E-state index contributed by atoms with van der Waals surface area (Å²) in [5.74, 6) is -5.46. The van der Waals surface area contributed by atoms with Crippen LogP contribution >= 0.6 is 0 Å². The highest BCUT2D eigenvalue weighted by Crippen LogP contribution is 2.38. The third-order valence-corrected chi connectivity index (χ3v) is 3.74. The number of alkyl halides is 3. The quantitative estimate of drug-likeness (QED) is 0.920. The summed E-state index contributed by atoms with van der Waals surface area (Å²) in [7, 11) is 0. The Morgan fingerprint density at radius 1 is 1.35 bits per heavy atom.